The van der Waals surface area contributed by atoms with Crippen LogP contribution in [0.15, 0.2) is 41.3 Å². The number of hydrogen-bond donors (Lipinski definition) is 1. The lowest BCUT2D eigenvalue weighted by atomic mass is 9.98. The highest BCUT2D eigenvalue weighted by Crippen LogP contribution is 2.34. The van der Waals surface area contributed by atoms with Gasteiger partial charge in [0.25, 0.3) is 0 Å². The van der Waals surface area contributed by atoms with Crippen LogP contribution in [-0.2, 0) is 16.0 Å². The number of nitrogens with one attached hydrogen (secondary N) is 1. The molecule has 1 aromatic carbocycles. The number of benzene rings is 1. The molecular formula is C16H9F4N3O4S. The summed E-state index contributed by atoms with van der Waals surface area (Å²) in [7, 11) is -4.33. The van der Waals surface area contributed by atoms with Gasteiger partial charge < -0.3 is 5.32 Å². The second-order valence-electron chi connectivity index (χ2n) is 5.74. The Kier molecular flexibility index (Phi) is 4.54. The van der Waals surface area contributed by atoms with E-state index in [-0.39, 0.29) is 5.56 Å². The van der Waals surface area contributed by atoms with E-state index >= 15 is 0 Å². The number of nitrogens with zero attached hydrogens (tertiary/aromatic N) is 2. The van der Waals surface area contributed by atoms with Crippen LogP contribution in [0.5, 0.6) is 0 Å². The zero-order valence-electron chi connectivity index (χ0n) is 13.8. The van der Waals surface area contributed by atoms with E-state index in [1.165, 1.54) is 0 Å². The molecule has 0 saturated carbocycles. The molecule has 2 aromatic rings. The number of Topliss-reactive ketones (excluding diaryl/α,β-unsaturated/α-hetero) is 2. The third-order valence-electron chi connectivity index (χ3n) is 3.76. The van der Waals surface area contributed by atoms with Gasteiger partial charge in [-0.25, -0.2) is 22.8 Å². The fourth-order valence-corrected chi connectivity index (χ4v) is 3.48. The zero-order chi connectivity index (χ0) is 20.9. The highest BCUT2D eigenvalue weighted by atomic mass is 32.2. The van der Waals surface area contributed by atoms with Crippen molar-refractivity contribution in [2.45, 2.75) is 6.18 Å². The molecule has 12 heteroatoms. The third-order valence-corrected chi connectivity index (χ3v) is 4.89. The van der Waals surface area contributed by atoms with Crippen LogP contribution in [0.1, 0.15) is 26.4 Å². The molecule has 28 heavy (non-hydrogen) atoms. The number of allylic oxidation sites excluding steroid dienone is 2. The van der Waals surface area contributed by atoms with Crippen molar-refractivity contribution in [3.63, 3.8) is 0 Å². The summed E-state index contributed by atoms with van der Waals surface area (Å²) in [4.78, 5) is 31.3. The van der Waals surface area contributed by atoms with E-state index in [1.54, 1.807) is 0 Å². The first-order valence-corrected chi connectivity index (χ1v) is 9.28. The lowest BCUT2D eigenvalue weighted by molar-refractivity contribution is -0.137. The molecule has 0 amide bonds. The number of halogens is 4. The van der Waals surface area contributed by atoms with E-state index in [0.29, 0.717) is 24.5 Å². The first-order chi connectivity index (χ1) is 12.9. The maximum Gasteiger partial charge on any atom is 0.416 e. The van der Waals surface area contributed by atoms with Crippen LogP contribution in [0.3, 0.4) is 0 Å². The molecule has 146 valence electrons. The van der Waals surface area contributed by atoms with Gasteiger partial charge in [0.15, 0.2) is 9.84 Å². The minimum absolute atomic E-state index is 0.358. The Labute approximate surface area is 155 Å². The number of carbonyl (C=O) groups excluding carboxylic acids is 2. The van der Waals surface area contributed by atoms with E-state index in [4.69, 9.17) is 0 Å². The summed E-state index contributed by atoms with van der Waals surface area (Å²) >= 11 is 0. The first-order valence-electron chi connectivity index (χ1n) is 7.38. The number of ketones is 2. The number of aromatic nitrogens is 2. The Morgan fingerprint density at radius 1 is 1.11 bits per heavy atom. The fourth-order valence-electron chi connectivity index (χ4n) is 2.53. The van der Waals surface area contributed by atoms with Crippen LogP contribution in [0.25, 0.3) is 0 Å². The molecule has 0 atom stereocenters. The van der Waals surface area contributed by atoms with Crippen LogP contribution < -0.4 is 5.32 Å². The SMILES string of the molecule is CS(=O)(=O)C1=C(Nc2cc(C(F)(F)F)ccc2F)C(=O)c2cncnc2C1=O. The van der Waals surface area contributed by atoms with Crippen molar-refractivity contribution in [2.75, 3.05) is 11.6 Å². The van der Waals surface area contributed by atoms with Crippen molar-refractivity contribution < 1.29 is 35.6 Å². The summed E-state index contributed by atoms with van der Waals surface area (Å²) in [6, 6.07) is 1.33. The summed E-state index contributed by atoms with van der Waals surface area (Å²) in [6.45, 7) is 0. The molecule has 0 fully saturated rings. The molecule has 7 nitrogen and oxygen atoms in total. The van der Waals surface area contributed by atoms with Crippen LogP contribution in [0, 0.1) is 5.82 Å². The smallest absolute Gasteiger partial charge is 0.349 e. The molecule has 0 bridgehead atoms. The summed E-state index contributed by atoms with van der Waals surface area (Å²) in [5.74, 6) is -3.43. The average molecular weight is 415 g/mol. The van der Waals surface area contributed by atoms with Gasteiger partial charge >= 0.3 is 6.18 Å². The first kappa shape index (κ1) is 19.6. The monoisotopic (exact) mass is 415 g/mol. The molecule has 3 rings (SSSR count). The van der Waals surface area contributed by atoms with Crippen LogP contribution >= 0.6 is 0 Å². The van der Waals surface area contributed by atoms with Gasteiger partial charge in [-0.05, 0) is 18.2 Å². The van der Waals surface area contributed by atoms with Gasteiger partial charge in [0, 0.05) is 12.5 Å². The second-order valence-corrected chi connectivity index (χ2v) is 7.69. The molecule has 1 N–H and O–H groups in total. The summed E-state index contributed by atoms with van der Waals surface area (Å²) in [5, 5.41) is 2.04. The minimum Gasteiger partial charge on any atom is -0.349 e. The Morgan fingerprint density at radius 3 is 2.39 bits per heavy atom. The third kappa shape index (κ3) is 3.38. The van der Waals surface area contributed by atoms with Gasteiger partial charge in [0.2, 0.25) is 11.6 Å². The fraction of sp³-hybridized carbons (Fsp3) is 0.125. The largest absolute Gasteiger partial charge is 0.416 e. The van der Waals surface area contributed by atoms with Crippen molar-refractivity contribution in [1.29, 1.82) is 0 Å². The highest BCUT2D eigenvalue weighted by Gasteiger charge is 2.39. The number of rotatable bonds is 3. The molecule has 1 aliphatic carbocycles. The number of anilines is 1. The quantitative estimate of drug-likeness (QED) is 0.768. The summed E-state index contributed by atoms with van der Waals surface area (Å²) in [5.41, 5.74) is -3.79. The van der Waals surface area contributed by atoms with E-state index in [1.807, 2.05) is 5.32 Å². The number of sulfone groups is 1. The highest BCUT2D eigenvalue weighted by molar-refractivity contribution is 7.95. The predicted octanol–water partition coefficient (Wildman–Crippen LogP) is 2.38. The van der Waals surface area contributed by atoms with Gasteiger partial charge in [0.05, 0.1) is 16.8 Å². The van der Waals surface area contributed by atoms with Gasteiger partial charge in [-0.1, -0.05) is 0 Å². The minimum atomic E-state index is -4.81. The maximum atomic E-state index is 14.0. The van der Waals surface area contributed by atoms with Crippen molar-refractivity contribution in [3.8, 4) is 0 Å². The van der Waals surface area contributed by atoms with Crippen molar-refractivity contribution in [1.82, 2.24) is 9.97 Å². The van der Waals surface area contributed by atoms with Gasteiger partial charge in [-0.15, -0.1) is 0 Å². The van der Waals surface area contributed by atoms with E-state index < -0.39 is 60.9 Å². The number of alkyl halides is 3. The van der Waals surface area contributed by atoms with Crippen molar-refractivity contribution in [3.05, 3.63) is 64.0 Å². The molecule has 0 saturated heterocycles. The van der Waals surface area contributed by atoms with E-state index in [2.05, 4.69) is 9.97 Å². The lowest BCUT2D eigenvalue weighted by Crippen LogP contribution is -2.30. The van der Waals surface area contributed by atoms with Gasteiger partial charge in [-0.3, -0.25) is 9.59 Å². The van der Waals surface area contributed by atoms with Crippen LogP contribution in [0.4, 0.5) is 23.2 Å². The second kappa shape index (κ2) is 6.48. The standard InChI is InChI=1S/C16H9F4N3O4S/c1-28(26,27)15-12(13(24)8-5-21-6-22-11(8)14(15)25)23-10-4-7(16(18,19)20)2-3-9(10)17/h2-6,23H,1H3. The van der Waals surface area contributed by atoms with Crippen molar-refractivity contribution in [2.24, 2.45) is 0 Å². The van der Waals surface area contributed by atoms with E-state index in [0.717, 1.165) is 12.5 Å². The number of fused-ring (bicyclic) bond motifs is 1. The normalized spacial score (nSPS) is 14.9. The summed E-state index contributed by atoms with van der Waals surface area (Å²) in [6.07, 6.45) is -2.31. The Bertz CT molecular complexity index is 1160. The van der Waals surface area contributed by atoms with Gasteiger partial charge in [-0.2, -0.15) is 13.2 Å². The average Bonchev–Trinajstić information content (AvgIpc) is 2.59. The molecular weight excluding hydrogens is 406 g/mol. The van der Waals surface area contributed by atoms with Crippen LogP contribution in [0.2, 0.25) is 0 Å². The molecule has 0 radical (unpaired) electrons. The Balaban J connectivity index is 2.21. The molecule has 0 spiro atoms. The maximum absolute atomic E-state index is 14.0. The molecule has 0 aliphatic heterocycles. The van der Waals surface area contributed by atoms with Gasteiger partial charge in [0.1, 0.15) is 28.4 Å². The summed E-state index contributed by atoms with van der Waals surface area (Å²) < 4.78 is 76.8. The Hall–Kier alpha value is -3.15. The molecule has 1 heterocycles. The number of carbonyl (C=O) groups is 2. The molecule has 1 aromatic heterocycles. The predicted molar refractivity (Wildman–Crippen MR) is 87.6 cm³/mol. The Morgan fingerprint density at radius 2 is 1.79 bits per heavy atom. The molecule has 0 unspecified atom stereocenters. The van der Waals surface area contributed by atoms with E-state index in [9.17, 15) is 35.6 Å². The van der Waals surface area contributed by atoms with Crippen molar-refractivity contribution >= 4 is 27.1 Å². The topological polar surface area (TPSA) is 106 Å². The number of hydrogen-bond acceptors (Lipinski definition) is 7. The zero-order valence-corrected chi connectivity index (χ0v) is 14.7. The lowest BCUT2D eigenvalue weighted by Gasteiger charge is -2.20. The molecule has 1 aliphatic rings. The van der Waals surface area contributed by atoms with Crippen LogP contribution in [-0.4, -0.2) is 36.2 Å².